The summed E-state index contributed by atoms with van der Waals surface area (Å²) < 4.78 is 6.62. The SMILES string of the molecule is COCC(=O)NCCc1nnc2ccccn12. The molecule has 2 aromatic rings. The second kappa shape index (κ2) is 5.40. The summed E-state index contributed by atoms with van der Waals surface area (Å²) in [6.07, 6.45) is 2.54. The molecule has 1 N–H and O–H groups in total. The van der Waals surface area contributed by atoms with Crippen LogP contribution < -0.4 is 5.32 Å². The zero-order chi connectivity index (χ0) is 12.1. The van der Waals surface area contributed by atoms with Crippen molar-refractivity contribution in [3.8, 4) is 0 Å². The van der Waals surface area contributed by atoms with Crippen LogP contribution in [-0.4, -0.2) is 40.8 Å². The van der Waals surface area contributed by atoms with E-state index in [2.05, 4.69) is 15.5 Å². The molecule has 0 aliphatic heterocycles. The van der Waals surface area contributed by atoms with Crippen molar-refractivity contribution in [3.05, 3.63) is 30.2 Å². The van der Waals surface area contributed by atoms with E-state index in [1.165, 1.54) is 7.11 Å². The first-order chi connectivity index (χ1) is 8.31. The smallest absolute Gasteiger partial charge is 0.245 e. The molecule has 2 heterocycles. The quantitative estimate of drug-likeness (QED) is 0.792. The van der Waals surface area contributed by atoms with Crippen molar-refractivity contribution in [2.24, 2.45) is 0 Å². The first-order valence-corrected chi connectivity index (χ1v) is 5.35. The number of fused-ring (bicyclic) bond motifs is 1. The number of rotatable bonds is 5. The summed E-state index contributed by atoms with van der Waals surface area (Å²) in [5, 5.41) is 10.8. The molecule has 2 rings (SSSR count). The maximum Gasteiger partial charge on any atom is 0.245 e. The van der Waals surface area contributed by atoms with Gasteiger partial charge in [-0.05, 0) is 12.1 Å². The summed E-state index contributed by atoms with van der Waals surface area (Å²) in [5.41, 5.74) is 0.811. The zero-order valence-corrected chi connectivity index (χ0v) is 9.59. The van der Waals surface area contributed by atoms with Crippen LogP contribution in [0.15, 0.2) is 24.4 Å². The number of hydrogen-bond donors (Lipinski definition) is 1. The Kier molecular flexibility index (Phi) is 3.66. The minimum atomic E-state index is -0.124. The van der Waals surface area contributed by atoms with Gasteiger partial charge in [0, 0.05) is 26.3 Å². The van der Waals surface area contributed by atoms with Crippen molar-refractivity contribution in [3.63, 3.8) is 0 Å². The summed E-state index contributed by atoms with van der Waals surface area (Å²) in [6.45, 7) is 0.610. The second-order valence-electron chi connectivity index (χ2n) is 3.58. The predicted octanol–water partition coefficient (Wildman–Crippen LogP) is 0.0344. The Bertz CT molecular complexity index is 509. The van der Waals surface area contributed by atoms with Gasteiger partial charge in [0.05, 0.1) is 0 Å². The van der Waals surface area contributed by atoms with Crippen molar-refractivity contribution in [2.75, 3.05) is 20.3 Å². The van der Waals surface area contributed by atoms with Gasteiger partial charge in [0.25, 0.3) is 0 Å². The molecule has 0 aromatic carbocycles. The number of carbonyl (C=O) groups is 1. The maximum absolute atomic E-state index is 11.2. The van der Waals surface area contributed by atoms with E-state index in [1.54, 1.807) is 0 Å². The highest BCUT2D eigenvalue weighted by Gasteiger charge is 2.05. The zero-order valence-electron chi connectivity index (χ0n) is 9.59. The molecule has 6 heteroatoms. The molecule has 0 radical (unpaired) electrons. The van der Waals surface area contributed by atoms with Crippen LogP contribution in [0.1, 0.15) is 5.82 Å². The lowest BCUT2D eigenvalue weighted by Gasteiger charge is -2.03. The van der Waals surface area contributed by atoms with E-state index in [-0.39, 0.29) is 12.5 Å². The van der Waals surface area contributed by atoms with Gasteiger partial charge in [-0.3, -0.25) is 9.20 Å². The average Bonchev–Trinajstić information content (AvgIpc) is 2.73. The topological polar surface area (TPSA) is 68.5 Å². The molecule has 0 aliphatic carbocycles. The summed E-state index contributed by atoms with van der Waals surface area (Å²) in [5.74, 6) is 0.708. The van der Waals surface area contributed by atoms with E-state index in [1.807, 2.05) is 28.8 Å². The van der Waals surface area contributed by atoms with Crippen LogP contribution in [0.3, 0.4) is 0 Å². The Morgan fingerprint density at radius 2 is 2.35 bits per heavy atom. The second-order valence-corrected chi connectivity index (χ2v) is 3.58. The normalized spacial score (nSPS) is 10.6. The number of ether oxygens (including phenoxy) is 1. The number of nitrogens with one attached hydrogen (secondary N) is 1. The third kappa shape index (κ3) is 2.79. The first kappa shape index (κ1) is 11.5. The number of hydrogen-bond acceptors (Lipinski definition) is 4. The van der Waals surface area contributed by atoms with Gasteiger partial charge < -0.3 is 10.1 Å². The van der Waals surface area contributed by atoms with E-state index in [0.29, 0.717) is 13.0 Å². The Morgan fingerprint density at radius 3 is 3.18 bits per heavy atom. The highest BCUT2D eigenvalue weighted by molar-refractivity contribution is 5.77. The number of aromatic nitrogens is 3. The number of carbonyl (C=O) groups excluding carboxylic acids is 1. The fraction of sp³-hybridized carbons (Fsp3) is 0.364. The van der Waals surface area contributed by atoms with Crippen LogP contribution in [0.4, 0.5) is 0 Å². The van der Waals surface area contributed by atoms with Crippen LogP contribution >= 0.6 is 0 Å². The van der Waals surface area contributed by atoms with Gasteiger partial charge in [-0.15, -0.1) is 10.2 Å². The standard InChI is InChI=1S/C11H14N4O2/c1-17-8-11(16)12-6-5-10-14-13-9-4-2-3-7-15(9)10/h2-4,7H,5-6,8H2,1H3,(H,12,16). The van der Waals surface area contributed by atoms with Gasteiger partial charge in [-0.25, -0.2) is 0 Å². The van der Waals surface area contributed by atoms with Crippen LogP contribution in [0.2, 0.25) is 0 Å². The molecule has 90 valence electrons. The minimum Gasteiger partial charge on any atom is -0.375 e. The Hall–Kier alpha value is -1.95. The highest BCUT2D eigenvalue weighted by Crippen LogP contribution is 2.02. The summed E-state index contributed by atoms with van der Waals surface area (Å²) in [6, 6.07) is 5.72. The number of pyridine rings is 1. The van der Waals surface area contributed by atoms with E-state index < -0.39 is 0 Å². The van der Waals surface area contributed by atoms with Gasteiger partial charge in [0.1, 0.15) is 12.4 Å². The molecule has 0 saturated heterocycles. The highest BCUT2D eigenvalue weighted by atomic mass is 16.5. The molecule has 0 spiro atoms. The molecule has 0 fully saturated rings. The first-order valence-electron chi connectivity index (χ1n) is 5.35. The minimum absolute atomic E-state index is 0.0839. The predicted molar refractivity (Wildman–Crippen MR) is 61.6 cm³/mol. The van der Waals surface area contributed by atoms with Gasteiger partial charge in [0.15, 0.2) is 5.65 Å². The molecule has 0 unspecified atom stereocenters. The van der Waals surface area contributed by atoms with E-state index in [4.69, 9.17) is 4.74 Å². The lowest BCUT2D eigenvalue weighted by molar-refractivity contribution is -0.124. The molecule has 0 saturated carbocycles. The Balaban J connectivity index is 1.93. The number of amides is 1. The van der Waals surface area contributed by atoms with Crippen LogP contribution in [0.25, 0.3) is 5.65 Å². The number of nitrogens with zero attached hydrogens (tertiary/aromatic N) is 3. The molecular formula is C11H14N4O2. The van der Waals surface area contributed by atoms with Gasteiger partial charge >= 0.3 is 0 Å². The molecule has 0 atom stereocenters. The Labute approximate surface area is 98.6 Å². The van der Waals surface area contributed by atoms with Gasteiger partial charge in [0.2, 0.25) is 5.91 Å². The van der Waals surface area contributed by atoms with Crippen molar-refractivity contribution in [2.45, 2.75) is 6.42 Å². The van der Waals surface area contributed by atoms with Gasteiger partial charge in [-0.2, -0.15) is 0 Å². The third-order valence-electron chi connectivity index (χ3n) is 2.33. The summed E-state index contributed by atoms with van der Waals surface area (Å²) in [4.78, 5) is 11.2. The largest absolute Gasteiger partial charge is 0.375 e. The fourth-order valence-electron chi connectivity index (χ4n) is 1.56. The van der Waals surface area contributed by atoms with Crippen molar-refractivity contribution in [1.29, 1.82) is 0 Å². The van der Waals surface area contributed by atoms with Gasteiger partial charge in [-0.1, -0.05) is 6.07 Å². The van der Waals surface area contributed by atoms with E-state index in [0.717, 1.165) is 11.5 Å². The van der Waals surface area contributed by atoms with E-state index in [9.17, 15) is 4.79 Å². The lowest BCUT2D eigenvalue weighted by Crippen LogP contribution is -2.29. The fourth-order valence-corrected chi connectivity index (χ4v) is 1.56. The monoisotopic (exact) mass is 234 g/mol. The van der Waals surface area contributed by atoms with Crippen LogP contribution in [-0.2, 0) is 16.0 Å². The van der Waals surface area contributed by atoms with E-state index >= 15 is 0 Å². The average molecular weight is 234 g/mol. The molecule has 0 aliphatic rings. The summed E-state index contributed by atoms with van der Waals surface area (Å²) in [7, 11) is 1.49. The third-order valence-corrected chi connectivity index (χ3v) is 2.33. The van der Waals surface area contributed by atoms with Crippen LogP contribution in [0, 0.1) is 0 Å². The lowest BCUT2D eigenvalue weighted by atomic mass is 10.4. The molecule has 17 heavy (non-hydrogen) atoms. The summed E-state index contributed by atoms with van der Waals surface area (Å²) >= 11 is 0. The van der Waals surface area contributed by atoms with Crippen LogP contribution in [0.5, 0.6) is 0 Å². The molecule has 6 nitrogen and oxygen atoms in total. The number of methoxy groups -OCH3 is 1. The molecule has 2 aromatic heterocycles. The molecule has 0 bridgehead atoms. The van der Waals surface area contributed by atoms with Crippen molar-refractivity contribution < 1.29 is 9.53 Å². The van der Waals surface area contributed by atoms with Crippen molar-refractivity contribution >= 4 is 11.6 Å². The van der Waals surface area contributed by atoms with Crippen molar-refractivity contribution in [1.82, 2.24) is 19.9 Å². The molecule has 1 amide bonds. The maximum atomic E-state index is 11.2. The Morgan fingerprint density at radius 1 is 1.47 bits per heavy atom. The molecular weight excluding hydrogens is 220 g/mol.